The fourth-order valence-corrected chi connectivity index (χ4v) is 2.58. The van der Waals surface area contributed by atoms with Crippen molar-refractivity contribution in [1.82, 2.24) is 0 Å². The summed E-state index contributed by atoms with van der Waals surface area (Å²) in [7, 11) is 0. The molecule has 0 saturated heterocycles. The van der Waals surface area contributed by atoms with Gasteiger partial charge in [0, 0.05) is 23.6 Å². The van der Waals surface area contributed by atoms with Crippen LogP contribution in [0.25, 0.3) is 0 Å². The van der Waals surface area contributed by atoms with Gasteiger partial charge in [0.05, 0.1) is 0 Å². The fraction of sp³-hybridized carbons (Fsp3) is 0.125. The van der Waals surface area contributed by atoms with Crippen LogP contribution in [0.5, 0.6) is 0 Å². The summed E-state index contributed by atoms with van der Waals surface area (Å²) < 4.78 is 0. The van der Waals surface area contributed by atoms with E-state index in [0.29, 0.717) is 5.88 Å². The maximum absolute atomic E-state index is 10.3. The molecular weight excluding hydrogens is 222 g/mol. The SMILES string of the molecule is CC1C=C(O)[NH+](c2ccccc2)c2ccccc21. The summed E-state index contributed by atoms with van der Waals surface area (Å²) in [5, 5.41) is 10.3. The molecule has 0 aromatic heterocycles. The average molecular weight is 238 g/mol. The minimum Gasteiger partial charge on any atom is -0.467 e. The number of quaternary nitrogens is 1. The standard InChI is InChI=1S/C16H15NO/c1-12-11-16(18)17(13-7-3-2-4-8-13)15-10-6-5-9-14(12)15/h2-12,18H,1H3/p+1. The van der Waals surface area contributed by atoms with Crippen molar-refractivity contribution in [3.8, 4) is 0 Å². The van der Waals surface area contributed by atoms with Crippen LogP contribution >= 0.6 is 0 Å². The average Bonchev–Trinajstić information content (AvgIpc) is 2.40. The molecule has 0 bridgehead atoms. The van der Waals surface area contributed by atoms with Gasteiger partial charge in [-0.15, -0.1) is 0 Å². The summed E-state index contributed by atoms with van der Waals surface area (Å²) in [5.74, 6) is 0.640. The van der Waals surface area contributed by atoms with Crippen LogP contribution in [0.2, 0.25) is 0 Å². The van der Waals surface area contributed by atoms with Crippen LogP contribution in [-0.4, -0.2) is 5.11 Å². The Labute approximate surface area is 107 Å². The Bertz CT molecular complexity index is 589. The van der Waals surface area contributed by atoms with Crippen molar-refractivity contribution in [2.75, 3.05) is 0 Å². The van der Waals surface area contributed by atoms with E-state index in [1.54, 1.807) is 0 Å². The smallest absolute Gasteiger partial charge is 0.294 e. The van der Waals surface area contributed by atoms with Crippen LogP contribution < -0.4 is 4.90 Å². The molecule has 2 unspecified atom stereocenters. The molecule has 2 aromatic rings. The predicted octanol–water partition coefficient (Wildman–Crippen LogP) is 3.05. The highest BCUT2D eigenvalue weighted by atomic mass is 16.3. The number of para-hydroxylation sites is 2. The number of allylic oxidation sites excluding steroid dienone is 1. The molecule has 1 aliphatic rings. The van der Waals surface area contributed by atoms with Gasteiger partial charge in [0.2, 0.25) is 0 Å². The third-order valence-electron chi connectivity index (χ3n) is 3.45. The zero-order valence-electron chi connectivity index (χ0n) is 10.3. The van der Waals surface area contributed by atoms with Crippen LogP contribution in [-0.2, 0) is 0 Å². The van der Waals surface area contributed by atoms with Gasteiger partial charge in [0.15, 0.2) is 0 Å². The second-order valence-electron chi connectivity index (χ2n) is 4.67. The van der Waals surface area contributed by atoms with Crippen molar-refractivity contribution in [3.63, 3.8) is 0 Å². The first-order chi connectivity index (χ1) is 8.77. The summed E-state index contributed by atoms with van der Waals surface area (Å²) in [6.07, 6.45) is 1.92. The third kappa shape index (κ3) is 1.71. The molecule has 2 atom stereocenters. The fourth-order valence-electron chi connectivity index (χ4n) is 2.58. The molecule has 0 amide bonds. The molecule has 2 N–H and O–H groups in total. The lowest BCUT2D eigenvalue weighted by atomic mass is 9.95. The second kappa shape index (κ2) is 4.31. The molecule has 2 heteroatoms. The second-order valence-corrected chi connectivity index (χ2v) is 4.67. The first kappa shape index (κ1) is 11.1. The molecular formula is C16H16NO+. The Morgan fingerprint density at radius 2 is 1.61 bits per heavy atom. The number of aliphatic hydroxyl groups excluding tert-OH is 1. The summed E-state index contributed by atoms with van der Waals surface area (Å²) in [6.45, 7) is 2.11. The highest BCUT2D eigenvalue weighted by Gasteiger charge is 2.30. The first-order valence-electron chi connectivity index (χ1n) is 6.20. The van der Waals surface area contributed by atoms with Gasteiger partial charge in [-0.2, -0.15) is 0 Å². The maximum atomic E-state index is 10.3. The quantitative estimate of drug-likeness (QED) is 0.784. The van der Waals surface area contributed by atoms with Gasteiger partial charge in [-0.1, -0.05) is 43.3 Å². The lowest BCUT2D eigenvalue weighted by Gasteiger charge is -2.25. The van der Waals surface area contributed by atoms with Crippen molar-refractivity contribution < 1.29 is 10.0 Å². The number of benzene rings is 2. The van der Waals surface area contributed by atoms with Crippen LogP contribution in [0, 0.1) is 0 Å². The summed E-state index contributed by atoms with van der Waals surface area (Å²) in [5.41, 5.74) is 3.47. The van der Waals surface area contributed by atoms with Crippen molar-refractivity contribution >= 4 is 11.4 Å². The van der Waals surface area contributed by atoms with E-state index in [-0.39, 0.29) is 5.92 Å². The molecule has 2 nitrogen and oxygen atoms in total. The highest BCUT2D eigenvalue weighted by molar-refractivity contribution is 5.49. The van der Waals surface area contributed by atoms with E-state index in [1.165, 1.54) is 5.56 Å². The molecule has 1 heterocycles. The Balaban J connectivity index is 2.17. The molecule has 0 spiro atoms. The van der Waals surface area contributed by atoms with Crippen molar-refractivity contribution in [2.24, 2.45) is 0 Å². The predicted molar refractivity (Wildman–Crippen MR) is 72.3 cm³/mol. The van der Waals surface area contributed by atoms with Crippen LogP contribution in [0.3, 0.4) is 0 Å². The van der Waals surface area contributed by atoms with E-state index in [2.05, 4.69) is 19.1 Å². The van der Waals surface area contributed by atoms with E-state index in [4.69, 9.17) is 0 Å². The van der Waals surface area contributed by atoms with Gasteiger partial charge in [-0.3, -0.25) is 0 Å². The molecule has 0 aliphatic carbocycles. The number of nitrogens with one attached hydrogen (secondary N) is 1. The van der Waals surface area contributed by atoms with E-state index in [9.17, 15) is 5.11 Å². The molecule has 3 rings (SSSR count). The van der Waals surface area contributed by atoms with Crippen molar-refractivity contribution in [3.05, 3.63) is 72.1 Å². The molecule has 90 valence electrons. The minimum atomic E-state index is 0.258. The first-order valence-corrected chi connectivity index (χ1v) is 6.20. The van der Waals surface area contributed by atoms with Gasteiger partial charge < -0.3 is 5.11 Å². The van der Waals surface area contributed by atoms with E-state index >= 15 is 0 Å². The van der Waals surface area contributed by atoms with E-state index in [1.807, 2.05) is 48.5 Å². The molecule has 1 aliphatic heterocycles. The topological polar surface area (TPSA) is 24.7 Å². The number of hydrogen-bond acceptors (Lipinski definition) is 1. The number of rotatable bonds is 1. The van der Waals surface area contributed by atoms with Gasteiger partial charge in [0.25, 0.3) is 5.88 Å². The van der Waals surface area contributed by atoms with Crippen molar-refractivity contribution in [2.45, 2.75) is 12.8 Å². The zero-order valence-corrected chi connectivity index (χ0v) is 10.3. The third-order valence-corrected chi connectivity index (χ3v) is 3.45. The van der Waals surface area contributed by atoms with E-state index in [0.717, 1.165) is 16.3 Å². The highest BCUT2D eigenvalue weighted by Crippen LogP contribution is 2.28. The van der Waals surface area contributed by atoms with Gasteiger partial charge in [0.1, 0.15) is 11.4 Å². The largest absolute Gasteiger partial charge is 0.467 e. The molecule has 2 aromatic carbocycles. The normalized spacial score (nSPS) is 22.2. The van der Waals surface area contributed by atoms with Crippen molar-refractivity contribution in [1.29, 1.82) is 0 Å². The lowest BCUT2D eigenvalue weighted by molar-refractivity contribution is -0.737. The minimum absolute atomic E-state index is 0.258. The molecule has 18 heavy (non-hydrogen) atoms. The van der Waals surface area contributed by atoms with Crippen LogP contribution in [0.1, 0.15) is 18.4 Å². The Morgan fingerprint density at radius 1 is 0.944 bits per heavy atom. The zero-order chi connectivity index (χ0) is 12.5. The monoisotopic (exact) mass is 238 g/mol. The number of aliphatic hydroxyl groups is 1. The van der Waals surface area contributed by atoms with Crippen LogP contribution in [0.4, 0.5) is 11.4 Å². The number of hydrogen-bond donors (Lipinski definition) is 2. The Morgan fingerprint density at radius 3 is 2.39 bits per heavy atom. The summed E-state index contributed by atoms with van der Waals surface area (Å²) in [4.78, 5) is 0.935. The molecule has 0 saturated carbocycles. The van der Waals surface area contributed by atoms with Gasteiger partial charge >= 0.3 is 0 Å². The maximum Gasteiger partial charge on any atom is 0.294 e. The van der Waals surface area contributed by atoms with E-state index < -0.39 is 0 Å². The Hall–Kier alpha value is -2.06. The summed E-state index contributed by atoms with van der Waals surface area (Å²) in [6, 6.07) is 18.3. The van der Waals surface area contributed by atoms with Crippen LogP contribution in [0.15, 0.2) is 66.6 Å². The van der Waals surface area contributed by atoms with Gasteiger partial charge in [-0.25, -0.2) is 4.90 Å². The Kier molecular flexibility index (Phi) is 2.65. The number of fused-ring (bicyclic) bond motifs is 1. The molecule has 0 fully saturated rings. The van der Waals surface area contributed by atoms with Gasteiger partial charge in [-0.05, 0) is 12.1 Å². The summed E-state index contributed by atoms with van der Waals surface area (Å²) >= 11 is 0. The molecule has 0 radical (unpaired) electrons. The lowest BCUT2D eigenvalue weighted by Crippen LogP contribution is -3.01.